The van der Waals surface area contributed by atoms with Crippen LogP contribution in [0.4, 0.5) is 0 Å². The first kappa shape index (κ1) is 11.5. The fourth-order valence-electron chi connectivity index (χ4n) is 1.28. The molecular formula is C11H20O. The first-order chi connectivity index (χ1) is 5.72. The van der Waals surface area contributed by atoms with Gasteiger partial charge in [-0.05, 0) is 25.7 Å². The zero-order valence-corrected chi connectivity index (χ0v) is 8.43. The lowest BCUT2D eigenvalue weighted by molar-refractivity contribution is 0.104. The number of aliphatic hydroxyl groups excluding tert-OH is 1. The van der Waals surface area contributed by atoms with Gasteiger partial charge < -0.3 is 5.11 Å². The van der Waals surface area contributed by atoms with Gasteiger partial charge in [-0.25, -0.2) is 0 Å². The van der Waals surface area contributed by atoms with Crippen molar-refractivity contribution in [2.24, 2.45) is 5.92 Å². The Morgan fingerprint density at radius 2 is 2.00 bits per heavy atom. The third-order valence-electron chi connectivity index (χ3n) is 2.14. The van der Waals surface area contributed by atoms with E-state index in [2.05, 4.69) is 25.7 Å². The van der Waals surface area contributed by atoms with Crippen LogP contribution in [0.3, 0.4) is 0 Å². The van der Waals surface area contributed by atoms with Gasteiger partial charge in [0.1, 0.15) is 0 Å². The van der Waals surface area contributed by atoms with Crippen LogP contribution in [0.15, 0.2) is 0 Å². The van der Waals surface area contributed by atoms with Crippen LogP contribution in [0.2, 0.25) is 0 Å². The van der Waals surface area contributed by atoms with Gasteiger partial charge in [0, 0.05) is 6.42 Å². The van der Waals surface area contributed by atoms with E-state index in [1.54, 1.807) is 0 Å². The van der Waals surface area contributed by atoms with Gasteiger partial charge in [-0.15, -0.1) is 11.8 Å². The van der Waals surface area contributed by atoms with E-state index in [0.29, 0.717) is 5.92 Å². The van der Waals surface area contributed by atoms with Crippen LogP contribution in [0, 0.1) is 17.8 Å². The highest BCUT2D eigenvalue weighted by atomic mass is 16.3. The average molecular weight is 168 g/mol. The molecule has 0 radical (unpaired) electrons. The Kier molecular flexibility index (Phi) is 6.90. The molecule has 0 rings (SSSR count). The summed E-state index contributed by atoms with van der Waals surface area (Å²) in [4.78, 5) is 0. The van der Waals surface area contributed by atoms with Gasteiger partial charge in [0.05, 0.1) is 6.10 Å². The van der Waals surface area contributed by atoms with Crippen molar-refractivity contribution in [3.05, 3.63) is 0 Å². The Morgan fingerprint density at radius 3 is 2.50 bits per heavy atom. The second kappa shape index (κ2) is 7.18. The number of hydrogen-bond acceptors (Lipinski definition) is 1. The van der Waals surface area contributed by atoms with Crippen molar-refractivity contribution in [1.82, 2.24) is 0 Å². The summed E-state index contributed by atoms with van der Waals surface area (Å²) in [7, 11) is 0. The monoisotopic (exact) mass is 168 g/mol. The summed E-state index contributed by atoms with van der Waals surface area (Å²) in [6, 6.07) is 0. The summed E-state index contributed by atoms with van der Waals surface area (Å²) < 4.78 is 0. The molecule has 0 aromatic heterocycles. The normalized spacial score (nSPS) is 14.7. The largest absolute Gasteiger partial charge is 0.393 e. The lowest BCUT2D eigenvalue weighted by Crippen LogP contribution is -2.16. The van der Waals surface area contributed by atoms with Gasteiger partial charge >= 0.3 is 0 Å². The Labute approximate surface area is 76.2 Å². The zero-order valence-electron chi connectivity index (χ0n) is 8.43. The van der Waals surface area contributed by atoms with Crippen molar-refractivity contribution in [3.63, 3.8) is 0 Å². The average Bonchev–Trinajstić information content (AvgIpc) is 2.05. The van der Waals surface area contributed by atoms with E-state index in [0.717, 1.165) is 25.7 Å². The minimum absolute atomic E-state index is 0.161. The lowest BCUT2D eigenvalue weighted by atomic mass is 9.96. The maximum absolute atomic E-state index is 9.61. The van der Waals surface area contributed by atoms with E-state index in [1.165, 1.54) is 0 Å². The van der Waals surface area contributed by atoms with E-state index in [-0.39, 0.29) is 6.10 Å². The predicted molar refractivity (Wildman–Crippen MR) is 52.8 cm³/mol. The highest BCUT2D eigenvalue weighted by molar-refractivity contribution is 4.95. The van der Waals surface area contributed by atoms with Crippen molar-refractivity contribution < 1.29 is 5.11 Å². The van der Waals surface area contributed by atoms with Crippen molar-refractivity contribution in [2.45, 2.75) is 52.6 Å². The van der Waals surface area contributed by atoms with E-state index >= 15 is 0 Å². The molecule has 1 nitrogen and oxygen atoms in total. The maximum Gasteiger partial charge on any atom is 0.0574 e. The Morgan fingerprint density at radius 1 is 1.33 bits per heavy atom. The topological polar surface area (TPSA) is 20.2 Å². The minimum atomic E-state index is -0.161. The molecular weight excluding hydrogens is 148 g/mol. The molecule has 70 valence electrons. The fraction of sp³-hybridized carbons (Fsp3) is 0.818. The van der Waals surface area contributed by atoms with Gasteiger partial charge in [-0.3, -0.25) is 0 Å². The molecule has 0 fully saturated rings. The second-order valence-electron chi connectivity index (χ2n) is 3.30. The van der Waals surface area contributed by atoms with Crippen LogP contribution in [-0.2, 0) is 0 Å². The molecule has 0 bridgehead atoms. The van der Waals surface area contributed by atoms with E-state index in [4.69, 9.17) is 0 Å². The highest BCUT2D eigenvalue weighted by Gasteiger charge is 2.11. The molecule has 0 saturated carbocycles. The van der Waals surface area contributed by atoms with E-state index < -0.39 is 0 Å². The lowest BCUT2D eigenvalue weighted by Gasteiger charge is -2.16. The van der Waals surface area contributed by atoms with Gasteiger partial charge in [0.2, 0.25) is 0 Å². The van der Waals surface area contributed by atoms with Crippen LogP contribution in [-0.4, -0.2) is 11.2 Å². The molecule has 0 aromatic carbocycles. The Balaban J connectivity index is 3.53. The number of aliphatic hydroxyl groups is 1. The molecule has 0 aliphatic rings. The molecule has 0 saturated heterocycles. The summed E-state index contributed by atoms with van der Waals surface area (Å²) in [5.41, 5.74) is 0. The first-order valence-corrected chi connectivity index (χ1v) is 4.80. The molecule has 0 amide bonds. The van der Waals surface area contributed by atoms with E-state index in [9.17, 15) is 5.11 Å². The van der Waals surface area contributed by atoms with Gasteiger partial charge in [0.25, 0.3) is 0 Å². The molecule has 12 heavy (non-hydrogen) atoms. The molecule has 0 aliphatic carbocycles. The third kappa shape index (κ3) is 5.21. The van der Waals surface area contributed by atoms with Crippen molar-refractivity contribution in [2.75, 3.05) is 0 Å². The summed E-state index contributed by atoms with van der Waals surface area (Å²) >= 11 is 0. The predicted octanol–water partition coefficient (Wildman–Crippen LogP) is 2.59. The maximum atomic E-state index is 9.61. The SMILES string of the molecule is CC#CCCC(O)C(C)CCC. The highest BCUT2D eigenvalue weighted by Crippen LogP contribution is 2.14. The molecule has 0 aliphatic heterocycles. The summed E-state index contributed by atoms with van der Waals surface area (Å²) in [5.74, 6) is 6.22. The Hall–Kier alpha value is -0.480. The number of hydrogen-bond donors (Lipinski definition) is 1. The molecule has 1 heteroatoms. The molecule has 0 aromatic rings. The van der Waals surface area contributed by atoms with Gasteiger partial charge in [-0.2, -0.15) is 0 Å². The van der Waals surface area contributed by atoms with Crippen LogP contribution >= 0.6 is 0 Å². The van der Waals surface area contributed by atoms with Crippen molar-refractivity contribution in [1.29, 1.82) is 0 Å². The molecule has 2 unspecified atom stereocenters. The van der Waals surface area contributed by atoms with E-state index in [1.807, 2.05) is 6.92 Å². The first-order valence-electron chi connectivity index (χ1n) is 4.80. The summed E-state index contributed by atoms with van der Waals surface area (Å²) in [6.07, 6.45) is 3.75. The number of rotatable bonds is 5. The second-order valence-corrected chi connectivity index (χ2v) is 3.30. The Bertz CT molecular complexity index is 152. The molecule has 0 heterocycles. The van der Waals surface area contributed by atoms with Crippen LogP contribution in [0.1, 0.15) is 46.5 Å². The minimum Gasteiger partial charge on any atom is -0.393 e. The molecule has 0 spiro atoms. The molecule has 1 N–H and O–H groups in total. The van der Waals surface area contributed by atoms with Crippen LogP contribution in [0.25, 0.3) is 0 Å². The summed E-state index contributed by atoms with van der Waals surface area (Å²) in [6.45, 7) is 6.09. The van der Waals surface area contributed by atoms with Crippen molar-refractivity contribution >= 4 is 0 Å². The molecule has 2 atom stereocenters. The zero-order chi connectivity index (χ0) is 9.40. The third-order valence-corrected chi connectivity index (χ3v) is 2.14. The van der Waals surface area contributed by atoms with Gasteiger partial charge in [0.15, 0.2) is 0 Å². The van der Waals surface area contributed by atoms with Crippen LogP contribution in [0.5, 0.6) is 0 Å². The van der Waals surface area contributed by atoms with Crippen LogP contribution < -0.4 is 0 Å². The van der Waals surface area contributed by atoms with Crippen molar-refractivity contribution in [3.8, 4) is 11.8 Å². The quantitative estimate of drug-likeness (QED) is 0.626. The summed E-state index contributed by atoms with van der Waals surface area (Å²) in [5, 5.41) is 9.61. The smallest absolute Gasteiger partial charge is 0.0574 e. The standard InChI is InChI=1S/C11H20O/c1-4-6-7-9-11(12)10(3)8-5-2/h10-12H,5,7-9H2,1-3H3. The van der Waals surface area contributed by atoms with Gasteiger partial charge in [-0.1, -0.05) is 20.3 Å². The fourth-order valence-corrected chi connectivity index (χ4v) is 1.28.